The molecule has 123 valence electrons. The van der Waals surface area contributed by atoms with Gasteiger partial charge in [-0.1, -0.05) is 18.2 Å². The molecule has 1 aliphatic heterocycles. The Labute approximate surface area is 156 Å². The van der Waals surface area contributed by atoms with Crippen LogP contribution in [0.5, 0.6) is 0 Å². The Bertz CT molecular complexity index is 849. The van der Waals surface area contributed by atoms with Gasteiger partial charge >= 0.3 is 0 Å². The molecule has 2 heterocycles. The van der Waals surface area contributed by atoms with Gasteiger partial charge in [0.2, 0.25) is 0 Å². The number of nitrogens with zero attached hydrogens (tertiary/aromatic N) is 3. The van der Waals surface area contributed by atoms with Gasteiger partial charge in [0.1, 0.15) is 5.82 Å². The third-order valence-corrected chi connectivity index (χ3v) is 4.03. The van der Waals surface area contributed by atoms with E-state index in [9.17, 15) is 0 Å². The molecule has 1 aromatic heterocycles. The summed E-state index contributed by atoms with van der Waals surface area (Å²) >= 11 is 0. The standard InChI is InChI=1S/C20H17N3.Ir/c1-15-12-19-20(21-13-15)22(17-9-4-3-5-10-17)14-23(19)18-11-7-6-8-16(18)2;/h3-9,11-14H,1-2H3;/q-2;. The van der Waals surface area contributed by atoms with Crippen LogP contribution in [0.4, 0.5) is 22.9 Å². The Hall–Kier alpha value is -2.16. The number of aryl methyl sites for hydroxylation is 2. The number of fused-ring (bicyclic) bond motifs is 1. The second kappa shape index (κ2) is 6.76. The zero-order valence-electron chi connectivity index (χ0n) is 13.5. The van der Waals surface area contributed by atoms with E-state index in [0.717, 1.165) is 22.8 Å². The molecule has 0 spiro atoms. The van der Waals surface area contributed by atoms with Crippen molar-refractivity contribution in [1.82, 2.24) is 4.98 Å². The number of hydrogen-bond donors (Lipinski definition) is 0. The van der Waals surface area contributed by atoms with Crippen molar-refractivity contribution in [2.75, 3.05) is 9.80 Å². The molecule has 4 heteroatoms. The van der Waals surface area contributed by atoms with Crippen molar-refractivity contribution in [2.24, 2.45) is 0 Å². The second-order valence-corrected chi connectivity index (χ2v) is 5.75. The minimum absolute atomic E-state index is 0. The monoisotopic (exact) mass is 492 g/mol. The summed E-state index contributed by atoms with van der Waals surface area (Å²) in [6.45, 7) is 6.29. The number of aromatic nitrogens is 1. The van der Waals surface area contributed by atoms with Crippen LogP contribution in [-0.4, -0.2) is 4.98 Å². The molecule has 3 nitrogen and oxygen atoms in total. The molecule has 0 N–H and O–H groups in total. The Morgan fingerprint density at radius 3 is 2.50 bits per heavy atom. The number of anilines is 4. The van der Waals surface area contributed by atoms with Gasteiger partial charge in [0, 0.05) is 32.0 Å². The number of pyridine rings is 1. The van der Waals surface area contributed by atoms with E-state index in [1.54, 1.807) is 0 Å². The van der Waals surface area contributed by atoms with Crippen molar-refractivity contribution in [2.45, 2.75) is 13.8 Å². The van der Waals surface area contributed by atoms with Gasteiger partial charge in [0.15, 0.2) is 0 Å². The third kappa shape index (κ3) is 2.83. The van der Waals surface area contributed by atoms with Crippen molar-refractivity contribution in [3.05, 3.63) is 84.7 Å². The van der Waals surface area contributed by atoms with Crippen molar-refractivity contribution >= 4 is 22.9 Å². The van der Waals surface area contributed by atoms with Crippen molar-refractivity contribution in [3.63, 3.8) is 0 Å². The van der Waals surface area contributed by atoms with Crippen molar-refractivity contribution in [3.8, 4) is 0 Å². The fraction of sp³-hybridized carbons (Fsp3) is 0.100. The number of para-hydroxylation sites is 2. The predicted molar refractivity (Wildman–Crippen MR) is 94.0 cm³/mol. The van der Waals surface area contributed by atoms with E-state index in [1.807, 2.05) is 30.5 Å². The minimum atomic E-state index is 0. The zero-order chi connectivity index (χ0) is 15.8. The maximum atomic E-state index is 4.66. The first-order chi connectivity index (χ1) is 11.2. The number of benzene rings is 2. The zero-order valence-corrected chi connectivity index (χ0v) is 15.9. The molecule has 0 fully saturated rings. The first-order valence-corrected chi connectivity index (χ1v) is 7.66. The molecular formula is C20H17IrN3-2. The molecular weight excluding hydrogens is 474 g/mol. The summed E-state index contributed by atoms with van der Waals surface area (Å²) in [7, 11) is 0. The average Bonchev–Trinajstić information content (AvgIpc) is 2.94. The van der Waals surface area contributed by atoms with Crippen LogP contribution in [0.2, 0.25) is 0 Å². The van der Waals surface area contributed by atoms with Gasteiger partial charge < -0.3 is 9.80 Å². The fourth-order valence-corrected chi connectivity index (χ4v) is 2.88. The predicted octanol–water partition coefficient (Wildman–Crippen LogP) is 4.91. The Kier molecular flexibility index (Phi) is 4.70. The van der Waals surface area contributed by atoms with Crippen molar-refractivity contribution < 1.29 is 20.1 Å². The first-order valence-electron chi connectivity index (χ1n) is 7.66. The van der Waals surface area contributed by atoms with E-state index in [1.165, 1.54) is 11.3 Å². The van der Waals surface area contributed by atoms with E-state index in [0.29, 0.717) is 0 Å². The van der Waals surface area contributed by atoms with Crippen LogP contribution in [0.15, 0.2) is 60.8 Å². The molecule has 3 aromatic rings. The molecule has 0 amide bonds. The van der Waals surface area contributed by atoms with Crippen LogP contribution in [0, 0.1) is 26.6 Å². The second-order valence-electron chi connectivity index (χ2n) is 5.75. The van der Waals surface area contributed by atoms with Gasteiger partial charge in [-0.15, -0.1) is 12.4 Å². The van der Waals surface area contributed by atoms with Crippen LogP contribution in [0.1, 0.15) is 11.1 Å². The quantitative estimate of drug-likeness (QED) is 0.475. The Morgan fingerprint density at radius 2 is 1.75 bits per heavy atom. The summed E-state index contributed by atoms with van der Waals surface area (Å²) in [6, 6.07) is 21.8. The van der Waals surface area contributed by atoms with Gasteiger partial charge in [0.05, 0.1) is 5.69 Å². The normalized spacial score (nSPS) is 12.8. The van der Waals surface area contributed by atoms with Gasteiger partial charge in [-0.3, -0.25) is 0 Å². The smallest absolute Gasteiger partial charge is 0.124 e. The molecule has 4 rings (SSSR count). The van der Waals surface area contributed by atoms with Crippen LogP contribution < -0.4 is 9.80 Å². The summed E-state index contributed by atoms with van der Waals surface area (Å²) in [5, 5.41) is 0. The van der Waals surface area contributed by atoms with Gasteiger partial charge in [-0.2, -0.15) is 30.3 Å². The Balaban J connectivity index is 0.00000169. The summed E-state index contributed by atoms with van der Waals surface area (Å²) < 4.78 is 0. The maximum Gasteiger partial charge on any atom is 0.124 e. The number of rotatable bonds is 2. The van der Waals surface area contributed by atoms with Crippen LogP contribution in [0.25, 0.3) is 0 Å². The maximum absolute atomic E-state index is 4.66. The molecule has 0 saturated carbocycles. The SMILES string of the molecule is Cc1cnc2c(c1)N(c1ccccc1C)[CH-]N2c1[c-]cccc1.[Ir]. The molecule has 0 aliphatic carbocycles. The molecule has 1 radical (unpaired) electrons. The fourth-order valence-electron chi connectivity index (χ4n) is 2.88. The molecule has 1 aliphatic rings. The summed E-state index contributed by atoms with van der Waals surface area (Å²) in [6.07, 6.45) is 1.91. The van der Waals surface area contributed by atoms with Crippen molar-refractivity contribution in [1.29, 1.82) is 0 Å². The number of hydrogen-bond acceptors (Lipinski definition) is 3. The topological polar surface area (TPSA) is 19.4 Å². The van der Waals surface area contributed by atoms with E-state index in [-0.39, 0.29) is 20.1 Å². The summed E-state index contributed by atoms with van der Waals surface area (Å²) in [5.74, 6) is 0.932. The largest absolute Gasteiger partial charge is 0.478 e. The van der Waals surface area contributed by atoms with Crippen LogP contribution >= 0.6 is 0 Å². The molecule has 0 bridgehead atoms. The molecule has 0 atom stereocenters. The van der Waals surface area contributed by atoms with E-state index < -0.39 is 0 Å². The van der Waals surface area contributed by atoms with E-state index in [2.05, 4.69) is 71.7 Å². The van der Waals surface area contributed by atoms with Crippen LogP contribution in [-0.2, 0) is 20.1 Å². The van der Waals surface area contributed by atoms with Gasteiger partial charge in [-0.25, -0.2) is 4.98 Å². The van der Waals surface area contributed by atoms with Crippen LogP contribution in [0.3, 0.4) is 0 Å². The summed E-state index contributed by atoms with van der Waals surface area (Å²) in [5.41, 5.74) is 5.63. The Morgan fingerprint density at radius 1 is 0.958 bits per heavy atom. The summed E-state index contributed by atoms with van der Waals surface area (Å²) in [4.78, 5) is 8.94. The molecule has 0 saturated heterocycles. The van der Waals surface area contributed by atoms with Gasteiger partial charge in [0.25, 0.3) is 0 Å². The first kappa shape index (κ1) is 16.7. The van der Waals surface area contributed by atoms with Gasteiger partial charge in [-0.05, 0) is 37.1 Å². The third-order valence-electron chi connectivity index (χ3n) is 4.03. The average molecular weight is 492 g/mol. The van der Waals surface area contributed by atoms with E-state index in [4.69, 9.17) is 0 Å². The molecule has 2 aromatic carbocycles. The molecule has 24 heavy (non-hydrogen) atoms. The van der Waals surface area contributed by atoms with E-state index >= 15 is 0 Å². The minimum Gasteiger partial charge on any atom is -0.478 e. The molecule has 0 unspecified atom stereocenters.